The second-order valence-corrected chi connectivity index (χ2v) is 8.04. The molecule has 0 radical (unpaired) electrons. The summed E-state index contributed by atoms with van der Waals surface area (Å²) >= 11 is 10.8. The van der Waals surface area contributed by atoms with Crippen molar-refractivity contribution in [1.29, 1.82) is 0 Å². The fourth-order valence-corrected chi connectivity index (χ4v) is 5.27. The lowest BCUT2D eigenvalue weighted by Gasteiger charge is -2.31. The second kappa shape index (κ2) is 8.50. The maximum atomic E-state index is 5.53. The number of benzene rings is 2. The number of hydrogen-bond donors (Lipinski definition) is 0. The van der Waals surface area contributed by atoms with E-state index in [1.54, 1.807) is 21.3 Å². The summed E-state index contributed by atoms with van der Waals surface area (Å²) in [4.78, 5) is 2.31. The molecule has 0 N–H and O–H groups in total. The van der Waals surface area contributed by atoms with Crippen molar-refractivity contribution in [2.24, 2.45) is 0 Å². The summed E-state index contributed by atoms with van der Waals surface area (Å²) in [5.41, 5.74) is 2.21. The topological polar surface area (TPSA) is 30.9 Å². The van der Waals surface area contributed by atoms with Crippen LogP contribution in [-0.4, -0.2) is 38.5 Å². The number of ether oxygens (including phenoxy) is 3. The summed E-state index contributed by atoms with van der Waals surface area (Å²) in [6.07, 6.45) is 0. The Kier molecular flexibility index (Phi) is 6.32. The van der Waals surface area contributed by atoms with Gasteiger partial charge in [-0.1, -0.05) is 40.3 Å². The molecule has 1 aliphatic rings. The van der Waals surface area contributed by atoms with Crippen LogP contribution in [0.2, 0.25) is 0 Å². The van der Waals surface area contributed by atoms with Gasteiger partial charge in [-0.3, -0.25) is 0 Å². The van der Waals surface area contributed by atoms with Crippen LogP contribution >= 0.6 is 39.9 Å². The fraction of sp³-hybridized carbons (Fsp3) is 0.316. The predicted molar refractivity (Wildman–Crippen MR) is 115 cm³/mol. The number of thioether (sulfide) groups is 1. The van der Waals surface area contributed by atoms with E-state index in [1.165, 1.54) is 5.56 Å². The van der Waals surface area contributed by atoms with Gasteiger partial charge in [0.2, 0.25) is 5.75 Å². The third-order valence-electron chi connectivity index (χ3n) is 4.27. The van der Waals surface area contributed by atoms with E-state index in [2.05, 4.69) is 39.0 Å². The first-order valence-electron chi connectivity index (χ1n) is 8.03. The minimum Gasteiger partial charge on any atom is -0.493 e. The predicted octanol–water partition coefficient (Wildman–Crippen LogP) is 5.10. The smallest absolute Gasteiger partial charge is 0.203 e. The van der Waals surface area contributed by atoms with Gasteiger partial charge in [-0.15, -0.1) is 11.8 Å². The number of anilines is 1. The molecule has 0 bridgehead atoms. The molecule has 3 rings (SSSR count). The van der Waals surface area contributed by atoms with Crippen molar-refractivity contribution in [3.05, 3.63) is 46.4 Å². The van der Waals surface area contributed by atoms with Crippen molar-refractivity contribution in [3.63, 3.8) is 0 Å². The van der Waals surface area contributed by atoms with E-state index in [0.29, 0.717) is 17.2 Å². The lowest BCUT2D eigenvalue weighted by Crippen LogP contribution is -2.33. The first kappa shape index (κ1) is 19.3. The molecular weight excluding hydrogens is 434 g/mol. The quantitative estimate of drug-likeness (QED) is 0.565. The minimum absolute atomic E-state index is 0.141. The Bertz CT molecular complexity index is 777. The van der Waals surface area contributed by atoms with Crippen LogP contribution in [0.15, 0.2) is 40.9 Å². The Balaban J connectivity index is 2.10. The molecule has 2 aromatic carbocycles. The molecule has 138 valence electrons. The van der Waals surface area contributed by atoms with Crippen LogP contribution in [0.1, 0.15) is 10.9 Å². The molecule has 2 unspecified atom stereocenters. The molecule has 1 fully saturated rings. The molecule has 2 atom stereocenters. The van der Waals surface area contributed by atoms with Gasteiger partial charge in [0.25, 0.3) is 0 Å². The largest absolute Gasteiger partial charge is 0.493 e. The molecule has 1 aliphatic heterocycles. The Hall–Kier alpha value is -1.44. The maximum absolute atomic E-state index is 5.53. The van der Waals surface area contributed by atoms with Gasteiger partial charge in [0.15, 0.2) is 11.5 Å². The molecule has 26 heavy (non-hydrogen) atoms. The van der Waals surface area contributed by atoms with E-state index in [9.17, 15) is 0 Å². The van der Waals surface area contributed by atoms with Crippen molar-refractivity contribution in [2.45, 2.75) is 11.4 Å². The molecule has 0 amide bonds. The first-order valence-corrected chi connectivity index (χ1v) is 10.3. The van der Waals surface area contributed by atoms with Crippen LogP contribution in [0.25, 0.3) is 0 Å². The number of rotatable bonds is 6. The Morgan fingerprint density at radius 2 is 1.81 bits per heavy atom. The highest BCUT2D eigenvalue weighted by Gasteiger charge is 2.35. The average molecular weight is 454 g/mol. The number of methoxy groups -OCH3 is 3. The van der Waals surface area contributed by atoms with E-state index in [-0.39, 0.29) is 11.4 Å². The molecule has 2 aromatic rings. The molecular formula is C19H20BrNO3S2. The maximum Gasteiger partial charge on any atom is 0.203 e. The normalized spacial score (nSPS) is 19.3. The number of hydrogen-bond acceptors (Lipinski definition) is 6. The van der Waals surface area contributed by atoms with E-state index in [1.807, 2.05) is 35.3 Å². The van der Waals surface area contributed by atoms with Crippen molar-refractivity contribution in [3.8, 4) is 17.2 Å². The van der Waals surface area contributed by atoms with Crippen LogP contribution < -0.4 is 19.1 Å². The van der Waals surface area contributed by atoms with Crippen molar-refractivity contribution in [2.75, 3.05) is 32.0 Å². The lowest BCUT2D eigenvalue weighted by atomic mass is 10.1. The van der Waals surface area contributed by atoms with Gasteiger partial charge in [-0.25, -0.2) is 0 Å². The summed E-state index contributed by atoms with van der Waals surface area (Å²) in [6, 6.07) is 12.5. The molecule has 7 heteroatoms. The van der Waals surface area contributed by atoms with Crippen LogP contribution in [0.5, 0.6) is 17.2 Å². The Morgan fingerprint density at radius 1 is 1.12 bits per heavy atom. The standard InChI is InChI=1S/C19H20BrNO3S2/c1-22-16-8-14(9-17(23-2)18(16)24-3)21-15(10-25)11-26-19(21)12-5-4-6-13(20)7-12/h4-10,15,19H,11H2,1-3H3. The highest BCUT2D eigenvalue weighted by atomic mass is 79.9. The molecule has 0 aromatic heterocycles. The monoisotopic (exact) mass is 453 g/mol. The van der Waals surface area contributed by atoms with Gasteiger partial charge in [-0.2, -0.15) is 0 Å². The number of halogens is 1. The van der Waals surface area contributed by atoms with Gasteiger partial charge < -0.3 is 19.1 Å². The summed E-state index contributed by atoms with van der Waals surface area (Å²) in [7, 11) is 4.86. The zero-order valence-electron chi connectivity index (χ0n) is 14.8. The van der Waals surface area contributed by atoms with E-state index in [4.69, 9.17) is 26.4 Å². The molecule has 1 heterocycles. The van der Waals surface area contributed by atoms with Crippen LogP contribution in [0.4, 0.5) is 5.69 Å². The van der Waals surface area contributed by atoms with Crippen LogP contribution in [0.3, 0.4) is 0 Å². The zero-order chi connectivity index (χ0) is 18.7. The Labute approximate surface area is 171 Å². The summed E-state index contributed by atoms with van der Waals surface area (Å²) in [5.74, 6) is 2.78. The Morgan fingerprint density at radius 3 is 2.35 bits per heavy atom. The number of thiocarbonyl (C=S) groups is 1. The van der Waals surface area contributed by atoms with Gasteiger partial charge in [0.05, 0.1) is 27.4 Å². The molecule has 4 nitrogen and oxygen atoms in total. The lowest BCUT2D eigenvalue weighted by molar-refractivity contribution is 0.324. The zero-order valence-corrected chi connectivity index (χ0v) is 18.0. The third kappa shape index (κ3) is 3.66. The molecule has 0 saturated carbocycles. The van der Waals surface area contributed by atoms with Gasteiger partial charge >= 0.3 is 0 Å². The molecule has 1 saturated heterocycles. The summed E-state index contributed by atoms with van der Waals surface area (Å²) in [5, 5.41) is 1.98. The fourth-order valence-electron chi connectivity index (χ4n) is 3.09. The van der Waals surface area contributed by atoms with Crippen molar-refractivity contribution >= 4 is 51.0 Å². The van der Waals surface area contributed by atoms with E-state index in [0.717, 1.165) is 15.9 Å². The highest BCUT2D eigenvalue weighted by molar-refractivity contribution is 9.10. The van der Waals surface area contributed by atoms with E-state index < -0.39 is 0 Å². The van der Waals surface area contributed by atoms with Gasteiger partial charge in [0.1, 0.15) is 5.37 Å². The van der Waals surface area contributed by atoms with Gasteiger partial charge in [0, 0.05) is 33.4 Å². The summed E-state index contributed by atoms with van der Waals surface area (Å²) < 4.78 is 17.6. The van der Waals surface area contributed by atoms with E-state index >= 15 is 0 Å². The summed E-state index contributed by atoms with van der Waals surface area (Å²) in [6.45, 7) is 0. The SMILES string of the molecule is COc1cc(N2C(C=S)CSC2c2cccc(Br)c2)cc(OC)c1OC. The minimum atomic E-state index is 0.141. The van der Waals surface area contributed by atoms with Crippen molar-refractivity contribution < 1.29 is 14.2 Å². The number of nitrogens with zero attached hydrogens (tertiary/aromatic N) is 1. The third-order valence-corrected chi connectivity index (χ3v) is 6.43. The van der Waals surface area contributed by atoms with Crippen LogP contribution in [-0.2, 0) is 0 Å². The molecule has 0 spiro atoms. The van der Waals surface area contributed by atoms with Crippen LogP contribution in [0, 0.1) is 0 Å². The average Bonchev–Trinajstić information content (AvgIpc) is 3.10. The first-order chi connectivity index (χ1) is 12.6. The van der Waals surface area contributed by atoms with Crippen molar-refractivity contribution in [1.82, 2.24) is 0 Å². The van der Waals surface area contributed by atoms with Gasteiger partial charge in [-0.05, 0) is 17.7 Å². The second-order valence-electron chi connectivity index (χ2n) is 5.73. The highest BCUT2D eigenvalue weighted by Crippen LogP contribution is 2.48. The molecule has 0 aliphatic carbocycles.